The second kappa shape index (κ2) is 10.0. The van der Waals surface area contributed by atoms with Gasteiger partial charge in [-0.15, -0.1) is 0 Å². The third-order valence-corrected chi connectivity index (χ3v) is 5.74. The van der Waals surface area contributed by atoms with Crippen molar-refractivity contribution in [3.05, 3.63) is 29.6 Å². The molecule has 2 aliphatic rings. The number of guanidine groups is 1. The fourth-order valence-electron chi connectivity index (χ4n) is 4.29. The first-order valence-corrected chi connectivity index (χ1v) is 10.5. The van der Waals surface area contributed by atoms with Crippen molar-refractivity contribution in [1.29, 1.82) is 0 Å². The molecular weight excluding hydrogens is 338 g/mol. The van der Waals surface area contributed by atoms with Crippen LogP contribution in [0.4, 0.5) is 0 Å². The molecule has 3 rings (SSSR count). The average molecular weight is 374 g/mol. The highest BCUT2D eigenvalue weighted by Crippen LogP contribution is 2.33. The number of nitrogens with one attached hydrogen (secondary N) is 2. The number of pyridine rings is 1. The van der Waals surface area contributed by atoms with Crippen LogP contribution >= 0.6 is 0 Å². The van der Waals surface area contributed by atoms with Gasteiger partial charge in [0, 0.05) is 37.4 Å². The van der Waals surface area contributed by atoms with E-state index in [9.17, 15) is 0 Å². The number of hydrogen-bond acceptors (Lipinski definition) is 4. The number of nitrogens with zero attached hydrogens (tertiary/aromatic N) is 3. The quantitative estimate of drug-likeness (QED) is 0.593. The lowest BCUT2D eigenvalue weighted by Gasteiger charge is -2.48. The molecule has 1 aliphatic carbocycles. The second-order valence-electron chi connectivity index (χ2n) is 7.70. The molecule has 1 aliphatic heterocycles. The van der Waals surface area contributed by atoms with Crippen LogP contribution in [0.3, 0.4) is 0 Å². The van der Waals surface area contributed by atoms with Crippen molar-refractivity contribution in [2.45, 2.75) is 58.0 Å². The molecule has 2 N–H and O–H groups in total. The molecule has 0 unspecified atom stereocenters. The molecule has 150 valence electrons. The highest BCUT2D eigenvalue weighted by molar-refractivity contribution is 5.79. The molecule has 1 aromatic heterocycles. The smallest absolute Gasteiger partial charge is 0.191 e. The van der Waals surface area contributed by atoms with Gasteiger partial charge in [0.25, 0.3) is 0 Å². The molecular formula is C21H35N5O. The van der Waals surface area contributed by atoms with Crippen LogP contribution in [0.1, 0.15) is 50.4 Å². The van der Waals surface area contributed by atoms with Gasteiger partial charge in [-0.2, -0.15) is 0 Å². The van der Waals surface area contributed by atoms with Crippen molar-refractivity contribution in [3.8, 4) is 0 Å². The number of aromatic nitrogens is 1. The highest BCUT2D eigenvalue weighted by Gasteiger charge is 2.38. The Labute approximate surface area is 163 Å². The number of morpholine rings is 1. The van der Waals surface area contributed by atoms with E-state index in [1.54, 1.807) is 0 Å². The predicted molar refractivity (Wildman–Crippen MR) is 110 cm³/mol. The zero-order chi connectivity index (χ0) is 19.0. The first-order chi connectivity index (χ1) is 13.2. The number of ether oxygens (including phenoxy) is 1. The maximum Gasteiger partial charge on any atom is 0.191 e. The lowest BCUT2D eigenvalue weighted by Crippen LogP contribution is -2.60. The van der Waals surface area contributed by atoms with Gasteiger partial charge in [0.15, 0.2) is 5.96 Å². The van der Waals surface area contributed by atoms with Crippen molar-refractivity contribution in [2.75, 3.05) is 39.4 Å². The van der Waals surface area contributed by atoms with Gasteiger partial charge >= 0.3 is 0 Å². The van der Waals surface area contributed by atoms with Gasteiger partial charge in [0.1, 0.15) is 0 Å². The number of hydrogen-bond donors (Lipinski definition) is 2. The van der Waals surface area contributed by atoms with Crippen molar-refractivity contribution >= 4 is 5.96 Å². The number of rotatable bonds is 6. The topological polar surface area (TPSA) is 61.8 Å². The van der Waals surface area contributed by atoms with Crippen LogP contribution in [-0.4, -0.2) is 60.8 Å². The zero-order valence-corrected chi connectivity index (χ0v) is 17.0. The first kappa shape index (κ1) is 20.1. The van der Waals surface area contributed by atoms with E-state index in [1.807, 2.05) is 25.1 Å². The van der Waals surface area contributed by atoms with E-state index >= 15 is 0 Å². The van der Waals surface area contributed by atoms with Gasteiger partial charge < -0.3 is 15.4 Å². The fraction of sp³-hybridized carbons (Fsp3) is 0.714. The lowest BCUT2D eigenvalue weighted by molar-refractivity contribution is -0.0352. The summed E-state index contributed by atoms with van der Waals surface area (Å²) in [6.45, 7) is 10.3. The van der Waals surface area contributed by atoms with Crippen LogP contribution in [0, 0.1) is 6.92 Å². The molecule has 0 spiro atoms. The van der Waals surface area contributed by atoms with Crippen LogP contribution < -0.4 is 10.6 Å². The van der Waals surface area contributed by atoms with Crippen LogP contribution in [0.2, 0.25) is 0 Å². The van der Waals surface area contributed by atoms with Crippen LogP contribution in [0.15, 0.2) is 23.2 Å². The van der Waals surface area contributed by atoms with Crippen molar-refractivity contribution in [3.63, 3.8) is 0 Å². The molecule has 27 heavy (non-hydrogen) atoms. The maximum atomic E-state index is 5.59. The Bertz CT molecular complexity index is 606. The number of aryl methyl sites for hydroxylation is 1. The van der Waals surface area contributed by atoms with Crippen LogP contribution in [-0.2, 0) is 11.3 Å². The molecule has 6 heteroatoms. The summed E-state index contributed by atoms with van der Waals surface area (Å²) in [6, 6.07) is 6.10. The monoisotopic (exact) mass is 373 g/mol. The summed E-state index contributed by atoms with van der Waals surface area (Å²) >= 11 is 0. The van der Waals surface area contributed by atoms with Crippen LogP contribution in [0.25, 0.3) is 0 Å². The summed E-state index contributed by atoms with van der Waals surface area (Å²) in [6.07, 6.45) is 6.52. The molecule has 2 fully saturated rings. The van der Waals surface area contributed by atoms with E-state index in [-0.39, 0.29) is 5.54 Å². The standard InChI is InChI=1S/C21H35N5O/c1-3-22-20(23-16-19-9-7-8-18(2)25-19)24-17-21(10-5-4-6-11-21)26-12-14-27-15-13-26/h7-9H,3-6,10-17H2,1-2H3,(H2,22,23,24). The molecule has 1 saturated heterocycles. The van der Waals surface area contributed by atoms with E-state index < -0.39 is 0 Å². The van der Waals surface area contributed by atoms with E-state index in [0.29, 0.717) is 6.54 Å². The molecule has 0 radical (unpaired) electrons. The van der Waals surface area contributed by atoms with Gasteiger partial charge in [0.2, 0.25) is 0 Å². The molecule has 1 aromatic rings. The minimum Gasteiger partial charge on any atom is -0.379 e. The summed E-state index contributed by atoms with van der Waals surface area (Å²) in [5.74, 6) is 0.888. The number of aliphatic imine (C=N–C) groups is 1. The minimum absolute atomic E-state index is 0.236. The minimum atomic E-state index is 0.236. The molecule has 1 saturated carbocycles. The second-order valence-corrected chi connectivity index (χ2v) is 7.70. The predicted octanol–water partition coefficient (Wildman–Crippen LogP) is 2.48. The van der Waals surface area contributed by atoms with Crippen molar-refractivity contribution in [2.24, 2.45) is 4.99 Å². The Morgan fingerprint density at radius 1 is 1.19 bits per heavy atom. The largest absolute Gasteiger partial charge is 0.379 e. The molecule has 0 amide bonds. The first-order valence-electron chi connectivity index (χ1n) is 10.5. The van der Waals surface area contributed by atoms with Gasteiger partial charge in [-0.1, -0.05) is 25.3 Å². The summed E-state index contributed by atoms with van der Waals surface area (Å²) in [5, 5.41) is 7.04. The van der Waals surface area contributed by atoms with Crippen molar-refractivity contribution < 1.29 is 4.74 Å². The maximum absolute atomic E-state index is 5.59. The average Bonchev–Trinajstić information content (AvgIpc) is 2.71. The Balaban J connectivity index is 1.65. The van der Waals surface area contributed by atoms with Gasteiger partial charge in [-0.3, -0.25) is 9.88 Å². The Hall–Kier alpha value is -1.66. The molecule has 0 aromatic carbocycles. The molecule has 6 nitrogen and oxygen atoms in total. The molecule has 0 bridgehead atoms. The Kier molecular flexibility index (Phi) is 7.47. The van der Waals surface area contributed by atoms with Crippen LogP contribution in [0.5, 0.6) is 0 Å². The van der Waals surface area contributed by atoms with Gasteiger partial charge in [0.05, 0.1) is 25.5 Å². The van der Waals surface area contributed by atoms with E-state index in [1.165, 1.54) is 32.1 Å². The highest BCUT2D eigenvalue weighted by atomic mass is 16.5. The third-order valence-electron chi connectivity index (χ3n) is 5.74. The Morgan fingerprint density at radius 3 is 2.67 bits per heavy atom. The molecule has 0 atom stereocenters. The van der Waals surface area contributed by atoms with Gasteiger partial charge in [-0.05, 0) is 38.8 Å². The molecule has 2 heterocycles. The van der Waals surface area contributed by atoms with Gasteiger partial charge in [-0.25, -0.2) is 4.99 Å². The lowest BCUT2D eigenvalue weighted by atomic mass is 9.80. The summed E-state index contributed by atoms with van der Waals surface area (Å²) in [5.41, 5.74) is 2.28. The summed E-state index contributed by atoms with van der Waals surface area (Å²) in [4.78, 5) is 12.0. The Morgan fingerprint density at radius 2 is 1.96 bits per heavy atom. The third kappa shape index (κ3) is 5.66. The fourth-order valence-corrected chi connectivity index (χ4v) is 4.29. The zero-order valence-electron chi connectivity index (χ0n) is 17.0. The normalized spacial score (nSPS) is 21.0. The van der Waals surface area contributed by atoms with E-state index in [2.05, 4.69) is 27.4 Å². The SMILES string of the molecule is CCNC(=NCc1cccc(C)n1)NCC1(N2CCOCC2)CCCCC1. The van der Waals surface area contributed by atoms with Crippen molar-refractivity contribution in [1.82, 2.24) is 20.5 Å². The summed E-state index contributed by atoms with van der Waals surface area (Å²) < 4.78 is 5.59. The summed E-state index contributed by atoms with van der Waals surface area (Å²) in [7, 11) is 0. The van der Waals surface area contributed by atoms with E-state index in [0.717, 1.165) is 56.7 Å². The van der Waals surface area contributed by atoms with E-state index in [4.69, 9.17) is 9.73 Å².